The minimum Gasteiger partial charge on any atom is -0.302 e. The Labute approximate surface area is 175 Å². The van der Waals surface area contributed by atoms with E-state index in [9.17, 15) is 9.59 Å². The lowest BCUT2D eigenvalue weighted by Gasteiger charge is -2.13. The molecule has 9 heteroatoms. The second-order valence-corrected chi connectivity index (χ2v) is 9.51. The molecule has 0 saturated carbocycles. The third-order valence-corrected chi connectivity index (χ3v) is 6.91. The van der Waals surface area contributed by atoms with E-state index < -0.39 is 0 Å². The summed E-state index contributed by atoms with van der Waals surface area (Å²) in [5.74, 6) is -0.0378. The number of carbonyl (C=O) groups is 2. The first-order valence-corrected chi connectivity index (χ1v) is 11.5. The molecule has 2 amide bonds. The van der Waals surface area contributed by atoms with Gasteiger partial charge in [0.25, 0.3) is 5.91 Å². The number of carbonyl (C=O) groups excluding carboxylic acids is 2. The number of rotatable bonds is 8. The molecule has 2 aromatic heterocycles. The zero-order valence-corrected chi connectivity index (χ0v) is 18.0. The molecule has 0 radical (unpaired) electrons. The highest BCUT2D eigenvalue weighted by molar-refractivity contribution is 8.26. The standard InChI is InChI=1S/C18H19N3O2S4/c1-12-11-26-17(19-12)20-15(22)7-3-2-4-8-21-16(23)14(27-18(21)24)10-13-6-5-9-25-13/h5-6,9-11H,2-4,7-8H2,1H3,(H,19,20,22). The third kappa shape index (κ3) is 5.71. The zero-order chi connectivity index (χ0) is 19.2. The third-order valence-electron chi connectivity index (χ3n) is 3.84. The normalized spacial score (nSPS) is 15.7. The van der Waals surface area contributed by atoms with Gasteiger partial charge in [0.2, 0.25) is 5.91 Å². The Hall–Kier alpha value is -1.55. The van der Waals surface area contributed by atoms with Gasteiger partial charge in [0.1, 0.15) is 4.32 Å². The monoisotopic (exact) mass is 437 g/mol. The SMILES string of the molecule is Cc1csc(NC(=O)CCCCCN2C(=O)C(=Cc3cccs3)SC2=S)n1. The molecule has 2 aromatic rings. The molecule has 1 aliphatic heterocycles. The summed E-state index contributed by atoms with van der Waals surface area (Å²) < 4.78 is 0.611. The van der Waals surface area contributed by atoms with Crippen LogP contribution in [0.2, 0.25) is 0 Å². The Kier molecular flexibility index (Phi) is 7.17. The van der Waals surface area contributed by atoms with E-state index in [2.05, 4.69) is 10.3 Å². The first kappa shape index (κ1) is 20.2. The lowest BCUT2D eigenvalue weighted by molar-refractivity contribution is -0.122. The molecule has 0 aliphatic carbocycles. The highest BCUT2D eigenvalue weighted by atomic mass is 32.2. The average molecular weight is 438 g/mol. The number of hydrogen-bond donors (Lipinski definition) is 1. The highest BCUT2D eigenvalue weighted by Crippen LogP contribution is 2.33. The summed E-state index contributed by atoms with van der Waals surface area (Å²) in [6.45, 7) is 2.50. The van der Waals surface area contributed by atoms with Crippen molar-refractivity contribution in [3.63, 3.8) is 0 Å². The van der Waals surface area contributed by atoms with Crippen LogP contribution in [0.4, 0.5) is 5.13 Å². The van der Waals surface area contributed by atoms with E-state index in [1.165, 1.54) is 23.1 Å². The number of anilines is 1. The van der Waals surface area contributed by atoms with Crippen LogP contribution in [0.25, 0.3) is 6.08 Å². The van der Waals surface area contributed by atoms with E-state index in [-0.39, 0.29) is 11.8 Å². The molecule has 27 heavy (non-hydrogen) atoms. The number of thiophene rings is 1. The molecule has 0 unspecified atom stereocenters. The molecule has 1 saturated heterocycles. The van der Waals surface area contributed by atoms with Crippen molar-refractivity contribution < 1.29 is 9.59 Å². The van der Waals surface area contributed by atoms with Crippen LogP contribution in [0.3, 0.4) is 0 Å². The van der Waals surface area contributed by atoms with Crippen molar-refractivity contribution in [3.8, 4) is 0 Å². The fourth-order valence-corrected chi connectivity index (χ4v) is 5.26. The fraction of sp³-hybridized carbons (Fsp3) is 0.333. The number of nitrogens with zero attached hydrogens (tertiary/aromatic N) is 2. The minimum atomic E-state index is -0.0196. The molecule has 1 fully saturated rings. The summed E-state index contributed by atoms with van der Waals surface area (Å²) >= 11 is 9.73. The van der Waals surface area contributed by atoms with E-state index in [1.807, 2.05) is 35.9 Å². The van der Waals surface area contributed by atoms with Crippen LogP contribution in [0, 0.1) is 6.92 Å². The van der Waals surface area contributed by atoms with Crippen molar-refractivity contribution in [2.45, 2.75) is 32.6 Å². The van der Waals surface area contributed by atoms with Crippen LogP contribution in [-0.2, 0) is 9.59 Å². The molecular weight excluding hydrogens is 418 g/mol. The molecule has 3 heterocycles. The van der Waals surface area contributed by atoms with Gasteiger partial charge in [-0.05, 0) is 37.3 Å². The van der Waals surface area contributed by atoms with Crippen molar-refractivity contribution in [1.29, 1.82) is 0 Å². The first-order valence-electron chi connectivity index (χ1n) is 8.54. The van der Waals surface area contributed by atoms with E-state index >= 15 is 0 Å². The van der Waals surface area contributed by atoms with Crippen molar-refractivity contribution in [2.24, 2.45) is 0 Å². The number of thioether (sulfide) groups is 1. The maximum atomic E-state index is 12.5. The number of aromatic nitrogens is 1. The zero-order valence-electron chi connectivity index (χ0n) is 14.8. The molecular formula is C18H19N3O2S4. The Bertz CT molecular complexity index is 858. The van der Waals surface area contributed by atoms with Gasteiger partial charge in [-0.25, -0.2) is 4.98 Å². The topological polar surface area (TPSA) is 62.3 Å². The molecule has 1 N–H and O–H groups in total. The van der Waals surface area contributed by atoms with Crippen molar-refractivity contribution in [3.05, 3.63) is 38.4 Å². The lowest BCUT2D eigenvalue weighted by atomic mass is 10.2. The molecule has 0 bridgehead atoms. The van der Waals surface area contributed by atoms with E-state index in [0.717, 1.165) is 29.8 Å². The van der Waals surface area contributed by atoms with Crippen molar-refractivity contribution in [2.75, 3.05) is 11.9 Å². The van der Waals surface area contributed by atoms with Crippen LogP contribution in [0.1, 0.15) is 36.3 Å². The molecule has 1 aliphatic rings. The Balaban J connectivity index is 1.38. The summed E-state index contributed by atoms with van der Waals surface area (Å²) in [5, 5.41) is 7.35. The fourth-order valence-electron chi connectivity index (χ4n) is 2.52. The van der Waals surface area contributed by atoms with Gasteiger partial charge in [-0.15, -0.1) is 22.7 Å². The van der Waals surface area contributed by atoms with Gasteiger partial charge >= 0.3 is 0 Å². The van der Waals surface area contributed by atoms with Crippen LogP contribution in [0.5, 0.6) is 0 Å². The molecule has 3 rings (SSSR count). The molecule has 142 valence electrons. The number of thiazole rings is 1. The van der Waals surface area contributed by atoms with Gasteiger partial charge < -0.3 is 5.32 Å². The number of thiocarbonyl (C=S) groups is 1. The van der Waals surface area contributed by atoms with Gasteiger partial charge in [0, 0.05) is 23.2 Å². The lowest BCUT2D eigenvalue weighted by Crippen LogP contribution is -2.29. The largest absolute Gasteiger partial charge is 0.302 e. The van der Waals surface area contributed by atoms with Gasteiger partial charge in [0.15, 0.2) is 5.13 Å². The Morgan fingerprint density at radius 1 is 1.33 bits per heavy atom. The average Bonchev–Trinajstić information content (AvgIpc) is 3.33. The summed E-state index contributed by atoms with van der Waals surface area (Å²) in [6.07, 6.45) is 4.81. The predicted molar refractivity (Wildman–Crippen MR) is 118 cm³/mol. The van der Waals surface area contributed by atoms with Gasteiger partial charge in [0.05, 0.1) is 10.6 Å². The number of nitrogens with one attached hydrogen (secondary N) is 1. The molecule has 5 nitrogen and oxygen atoms in total. The van der Waals surface area contributed by atoms with Crippen LogP contribution < -0.4 is 5.32 Å². The van der Waals surface area contributed by atoms with Gasteiger partial charge in [-0.3, -0.25) is 14.5 Å². The van der Waals surface area contributed by atoms with Gasteiger partial charge in [-0.1, -0.05) is 36.5 Å². The van der Waals surface area contributed by atoms with Crippen LogP contribution in [-0.4, -0.2) is 32.6 Å². The Morgan fingerprint density at radius 3 is 2.89 bits per heavy atom. The van der Waals surface area contributed by atoms with Crippen LogP contribution >= 0.6 is 46.7 Å². The number of hydrogen-bond acceptors (Lipinski definition) is 7. The first-order chi connectivity index (χ1) is 13.0. The second-order valence-electron chi connectivity index (χ2n) is 6.00. The predicted octanol–water partition coefficient (Wildman–Crippen LogP) is 4.91. The molecule has 0 spiro atoms. The Morgan fingerprint density at radius 2 is 2.19 bits per heavy atom. The van der Waals surface area contributed by atoms with Crippen LogP contribution in [0.15, 0.2) is 27.8 Å². The summed E-state index contributed by atoms with van der Waals surface area (Å²) in [5.41, 5.74) is 0.909. The molecule has 0 aromatic carbocycles. The quantitative estimate of drug-likeness (QED) is 0.361. The number of unbranched alkanes of at least 4 members (excludes halogenated alkanes) is 2. The van der Waals surface area contributed by atoms with E-state index in [0.29, 0.717) is 27.3 Å². The summed E-state index contributed by atoms with van der Waals surface area (Å²) in [7, 11) is 0. The van der Waals surface area contributed by atoms with Crippen molar-refractivity contribution in [1.82, 2.24) is 9.88 Å². The van der Waals surface area contributed by atoms with E-state index in [4.69, 9.17) is 12.2 Å². The minimum absolute atomic E-state index is 0.0183. The summed E-state index contributed by atoms with van der Waals surface area (Å²) in [4.78, 5) is 32.0. The van der Waals surface area contributed by atoms with Gasteiger partial charge in [-0.2, -0.15) is 0 Å². The van der Waals surface area contributed by atoms with E-state index in [1.54, 1.807) is 16.2 Å². The summed E-state index contributed by atoms with van der Waals surface area (Å²) in [6, 6.07) is 3.94. The number of amides is 2. The second kappa shape index (κ2) is 9.59. The van der Waals surface area contributed by atoms with Crippen molar-refractivity contribution >= 4 is 74.0 Å². The molecule has 0 atom stereocenters. The highest BCUT2D eigenvalue weighted by Gasteiger charge is 2.31. The smallest absolute Gasteiger partial charge is 0.266 e. The number of aryl methyl sites for hydroxylation is 1. The maximum absolute atomic E-state index is 12.5. The maximum Gasteiger partial charge on any atom is 0.266 e.